The molecule has 9 rings (SSSR count). The van der Waals surface area contributed by atoms with Crippen LogP contribution < -0.4 is 9.13 Å². The Hall–Kier alpha value is -7.37. The van der Waals surface area contributed by atoms with E-state index in [4.69, 9.17) is 4.98 Å². The maximum Gasteiger partial charge on any atom is 0.223 e. The zero-order chi connectivity index (χ0) is 38.7. The Morgan fingerprint density at radius 2 is 0.842 bits per heavy atom. The van der Waals surface area contributed by atoms with Crippen LogP contribution in [0.15, 0.2) is 195 Å². The summed E-state index contributed by atoms with van der Waals surface area (Å²) in [4.78, 5) is 14.2. The first kappa shape index (κ1) is 35.3. The van der Waals surface area contributed by atoms with Crippen molar-refractivity contribution >= 4 is 0 Å². The Morgan fingerprint density at radius 3 is 1.33 bits per heavy atom. The Labute approximate surface area is 334 Å². The van der Waals surface area contributed by atoms with E-state index in [1.807, 2.05) is 36.4 Å². The highest BCUT2D eigenvalue weighted by molar-refractivity contribution is 5.82. The average molecular weight is 736 g/mol. The lowest BCUT2D eigenvalue weighted by atomic mass is 9.90. The Bertz CT molecular complexity index is 2680. The molecule has 0 unspecified atom stereocenters. The molecule has 5 heterocycles. The van der Waals surface area contributed by atoms with Gasteiger partial charge in [-0.15, -0.1) is 0 Å². The third-order valence-electron chi connectivity index (χ3n) is 10.5. The first-order valence-corrected chi connectivity index (χ1v) is 19.2. The number of aryl methyl sites for hydroxylation is 3. The number of nitrogens with zero attached hydrogens (tertiary/aromatic N) is 5. The van der Waals surface area contributed by atoms with Gasteiger partial charge in [-0.25, -0.2) is 9.55 Å². The third kappa shape index (κ3) is 7.27. The summed E-state index contributed by atoms with van der Waals surface area (Å²) in [6.45, 7) is 4.45. The first-order chi connectivity index (χ1) is 28.0. The van der Waals surface area contributed by atoms with Crippen LogP contribution in [0.3, 0.4) is 0 Å². The lowest BCUT2D eigenvalue weighted by Crippen LogP contribution is -2.38. The minimum absolute atomic E-state index is 0.815. The molecule has 5 nitrogen and oxygen atoms in total. The van der Waals surface area contributed by atoms with Gasteiger partial charge in [-0.1, -0.05) is 84.9 Å². The summed E-state index contributed by atoms with van der Waals surface area (Å²) < 4.78 is 4.45. The predicted octanol–water partition coefficient (Wildman–Crippen LogP) is 11.3. The van der Waals surface area contributed by atoms with Gasteiger partial charge in [-0.3, -0.25) is 9.97 Å². The molecule has 0 N–H and O–H groups in total. The standard InChI is InChI=1S/C52H41N5/c1-36-30-42(44-34-50(39-14-6-4-7-15-39)57(45-24-28-56(3)29-25-45)51(35-44)40-16-8-5-9-17-40)31-37(2)52(36)41-22-20-38(21-23-41)43-32-48(46-18-10-12-26-53-46)55-49(33-43)47-19-11-13-27-54-47/h4-35H,1-3H3/q+2. The summed E-state index contributed by atoms with van der Waals surface area (Å²) in [5.41, 5.74) is 18.4. The van der Waals surface area contributed by atoms with Gasteiger partial charge in [0.2, 0.25) is 17.1 Å². The van der Waals surface area contributed by atoms with E-state index >= 15 is 0 Å². The number of aromatic nitrogens is 5. The van der Waals surface area contributed by atoms with Crippen LogP contribution in [0.2, 0.25) is 0 Å². The van der Waals surface area contributed by atoms with Gasteiger partial charge in [-0.2, -0.15) is 4.57 Å². The topological polar surface area (TPSA) is 46.4 Å². The van der Waals surface area contributed by atoms with Crippen LogP contribution in [-0.4, -0.2) is 15.0 Å². The van der Waals surface area contributed by atoms with Gasteiger partial charge in [0.1, 0.15) is 7.05 Å². The lowest BCUT2D eigenvalue weighted by molar-refractivity contribution is -0.673. The number of pyridine rings is 5. The number of hydrogen-bond donors (Lipinski definition) is 0. The van der Waals surface area contributed by atoms with Gasteiger partial charge in [0, 0.05) is 35.7 Å². The fourth-order valence-electron chi connectivity index (χ4n) is 7.73. The molecule has 9 aromatic rings. The molecular formula is C52H41N5+2. The molecular weight excluding hydrogens is 695 g/mol. The van der Waals surface area contributed by atoms with Crippen molar-refractivity contribution in [1.29, 1.82) is 0 Å². The van der Waals surface area contributed by atoms with Crippen molar-refractivity contribution in [2.24, 2.45) is 7.05 Å². The van der Waals surface area contributed by atoms with E-state index in [0.29, 0.717) is 0 Å². The highest BCUT2D eigenvalue weighted by Crippen LogP contribution is 2.37. The van der Waals surface area contributed by atoms with Crippen molar-refractivity contribution in [2.45, 2.75) is 13.8 Å². The number of hydrogen-bond acceptors (Lipinski definition) is 3. The quantitative estimate of drug-likeness (QED) is 0.146. The molecule has 4 aromatic carbocycles. The average Bonchev–Trinajstić information content (AvgIpc) is 3.27. The van der Waals surface area contributed by atoms with Gasteiger partial charge in [0.15, 0.2) is 12.4 Å². The molecule has 0 amide bonds. The van der Waals surface area contributed by atoms with E-state index in [9.17, 15) is 0 Å². The molecule has 0 spiro atoms. The number of rotatable bonds is 8. The fourth-order valence-corrected chi connectivity index (χ4v) is 7.73. The van der Waals surface area contributed by atoms with E-state index in [2.05, 4.69) is 186 Å². The molecule has 0 saturated heterocycles. The SMILES string of the molecule is Cc1cc(-c2cc(-c3ccccc3)[n+](-c3cc[n+](C)cc3)c(-c3ccccc3)c2)cc(C)c1-c1ccc(-c2cc(-c3ccccn3)nc(-c3ccccn3)c2)cc1. The van der Waals surface area contributed by atoms with Crippen LogP contribution in [0.25, 0.3) is 84.4 Å². The molecule has 0 saturated carbocycles. The van der Waals surface area contributed by atoms with Crippen LogP contribution in [-0.2, 0) is 7.05 Å². The summed E-state index contributed by atoms with van der Waals surface area (Å²) >= 11 is 0. The second-order valence-electron chi connectivity index (χ2n) is 14.4. The second-order valence-corrected chi connectivity index (χ2v) is 14.4. The minimum atomic E-state index is 0.815. The molecule has 57 heavy (non-hydrogen) atoms. The Balaban J connectivity index is 1.13. The van der Waals surface area contributed by atoms with Crippen LogP contribution in [0.5, 0.6) is 0 Å². The van der Waals surface area contributed by atoms with Gasteiger partial charge in [0.25, 0.3) is 0 Å². The van der Waals surface area contributed by atoms with E-state index in [-0.39, 0.29) is 0 Å². The van der Waals surface area contributed by atoms with Crippen LogP contribution in [0.1, 0.15) is 11.1 Å². The van der Waals surface area contributed by atoms with Gasteiger partial charge in [0.05, 0.1) is 34.9 Å². The molecule has 0 radical (unpaired) electrons. The highest BCUT2D eigenvalue weighted by atomic mass is 15.0. The molecule has 0 atom stereocenters. The maximum atomic E-state index is 4.96. The van der Waals surface area contributed by atoms with Gasteiger partial charge >= 0.3 is 0 Å². The van der Waals surface area contributed by atoms with E-state index in [0.717, 1.165) is 62.1 Å². The van der Waals surface area contributed by atoms with E-state index in [1.54, 1.807) is 12.4 Å². The molecule has 0 fully saturated rings. The third-order valence-corrected chi connectivity index (χ3v) is 10.5. The summed E-state index contributed by atoms with van der Waals surface area (Å²) in [5, 5.41) is 0. The van der Waals surface area contributed by atoms with Crippen molar-refractivity contribution in [3.8, 4) is 84.4 Å². The zero-order valence-electron chi connectivity index (χ0n) is 32.2. The van der Waals surface area contributed by atoms with E-state index < -0.39 is 0 Å². The summed E-state index contributed by atoms with van der Waals surface area (Å²) in [6.07, 6.45) is 7.82. The fraction of sp³-hybridized carbons (Fsp3) is 0.0577. The first-order valence-electron chi connectivity index (χ1n) is 19.2. The normalized spacial score (nSPS) is 11.1. The smallest absolute Gasteiger partial charge is 0.223 e. The minimum Gasteiger partial charge on any atom is -0.255 e. The van der Waals surface area contributed by atoms with Crippen molar-refractivity contribution < 1.29 is 9.13 Å². The lowest BCUT2D eigenvalue weighted by Gasteiger charge is -2.16. The van der Waals surface area contributed by atoms with Crippen molar-refractivity contribution in [3.63, 3.8) is 0 Å². The second kappa shape index (κ2) is 15.4. The zero-order valence-corrected chi connectivity index (χ0v) is 32.2. The van der Waals surface area contributed by atoms with Crippen molar-refractivity contribution in [2.75, 3.05) is 0 Å². The Kier molecular flexibility index (Phi) is 9.55. The summed E-state index contributed by atoms with van der Waals surface area (Å²) in [5.74, 6) is 0. The largest absolute Gasteiger partial charge is 0.255 e. The van der Waals surface area contributed by atoms with Crippen LogP contribution in [0.4, 0.5) is 0 Å². The van der Waals surface area contributed by atoms with E-state index in [1.165, 1.54) is 33.4 Å². The van der Waals surface area contributed by atoms with Gasteiger partial charge < -0.3 is 0 Å². The Morgan fingerprint density at radius 1 is 0.386 bits per heavy atom. The molecule has 0 aliphatic rings. The predicted molar refractivity (Wildman–Crippen MR) is 230 cm³/mol. The number of benzene rings is 4. The summed E-state index contributed by atoms with van der Waals surface area (Å²) in [6, 6.07) is 60.0. The van der Waals surface area contributed by atoms with Crippen LogP contribution >= 0.6 is 0 Å². The monoisotopic (exact) mass is 735 g/mol. The van der Waals surface area contributed by atoms with Crippen molar-refractivity contribution in [1.82, 2.24) is 15.0 Å². The molecule has 5 heteroatoms. The molecule has 272 valence electrons. The highest BCUT2D eigenvalue weighted by Gasteiger charge is 2.26. The van der Waals surface area contributed by atoms with Crippen molar-refractivity contribution in [3.05, 3.63) is 206 Å². The molecule has 0 aliphatic carbocycles. The molecule has 0 bridgehead atoms. The van der Waals surface area contributed by atoms with Gasteiger partial charge in [-0.05, 0) is 119 Å². The summed E-state index contributed by atoms with van der Waals surface area (Å²) in [7, 11) is 2.05. The molecule has 0 aliphatic heterocycles. The maximum absolute atomic E-state index is 4.96. The van der Waals surface area contributed by atoms with Crippen LogP contribution in [0, 0.1) is 13.8 Å². The molecule has 5 aromatic heterocycles.